The first kappa shape index (κ1) is 26.1. The number of benzene rings is 1. The number of carbonyl (C=O) groups is 2. The number of amides is 2. The summed E-state index contributed by atoms with van der Waals surface area (Å²) in [6.45, 7) is 4.47. The molecule has 1 aliphatic carbocycles. The number of aromatic nitrogens is 3. The molecule has 9 heteroatoms. The molecule has 0 radical (unpaired) electrons. The summed E-state index contributed by atoms with van der Waals surface area (Å²) in [5.41, 5.74) is 2.17. The van der Waals surface area contributed by atoms with Crippen molar-refractivity contribution in [3.63, 3.8) is 0 Å². The minimum absolute atomic E-state index is 0.0159. The molecule has 5 rings (SSSR count). The van der Waals surface area contributed by atoms with Gasteiger partial charge in [0.2, 0.25) is 5.91 Å². The number of pyridine rings is 3. The van der Waals surface area contributed by atoms with Gasteiger partial charge in [0.05, 0.1) is 11.4 Å². The van der Waals surface area contributed by atoms with Crippen LogP contribution in [0.5, 0.6) is 0 Å². The Labute approximate surface area is 224 Å². The van der Waals surface area contributed by atoms with Crippen LogP contribution in [-0.4, -0.2) is 26.8 Å². The Bertz CT molecular complexity index is 1580. The Morgan fingerprint density at radius 3 is 2.41 bits per heavy atom. The van der Waals surface area contributed by atoms with Gasteiger partial charge in [0, 0.05) is 47.4 Å². The van der Waals surface area contributed by atoms with Crippen LogP contribution < -0.4 is 10.6 Å². The van der Waals surface area contributed by atoms with E-state index < -0.39 is 17.4 Å². The molecule has 39 heavy (non-hydrogen) atoms. The Morgan fingerprint density at radius 2 is 1.67 bits per heavy atom. The molecule has 1 aromatic carbocycles. The summed E-state index contributed by atoms with van der Waals surface area (Å²) in [6, 6.07) is 11.2. The summed E-state index contributed by atoms with van der Waals surface area (Å²) >= 11 is 0. The Morgan fingerprint density at radius 1 is 0.923 bits per heavy atom. The van der Waals surface area contributed by atoms with E-state index in [4.69, 9.17) is 0 Å². The van der Waals surface area contributed by atoms with Crippen LogP contribution in [0.3, 0.4) is 0 Å². The molecule has 0 atom stereocenters. The fourth-order valence-corrected chi connectivity index (χ4v) is 4.17. The largest absolute Gasteiger partial charge is 0.319 e. The second-order valence-electron chi connectivity index (χ2n) is 10.2. The van der Waals surface area contributed by atoms with E-state index in [1.807, 2.05) is 12.1 Å². The van der Waals surface area contributed by atoms with E-state index in [9.17, 15) is 18.4 Å². The van der Waals surface area contributed by atoms with Crippen molar-refractivity contribution in [1.29, 1.82) is 0 Å². The van der Waals surface area contributed by atoms with Crippen LogP contribution in [0.15, 0.2) is 67.3 Å². The van der Waals surface area contributed by atoms with Crippen LogP contribution >= 0.6 is 0 Å². The van der Waals surface area contributed by atoms with Crippen molar-refractivity contribution in [2.45, 2.75) is 39.3 Å². The van der Waals surface area contributed by atoms with Gasteiger partial charge in [-0.3, -0.25) is 19.6 Å². The molecular formula is C30H27F2N5O2. The average Bonchev–Trinajstić information content (AvgIpc) is 3.76. The molecule has 0 bridgehead atoms. The highest BCUT2D eigenvalue weighted by Crippen LogP contribution is 2.33. The number of aryl methyl sites for hydroxylation is 1. The molecule has 4 aromatic rings. The second kappa shape index (κ2) is 10.3. The first-order valence-electron chi connectivity index (χ1n) is 12.6. The van der Waals surface area contributed by atoms with Crippen molar-refractivity contribution in [2.24, 2.45) is 5.92 Å². The zero-order chi connectivity index (χ0) is 27.7. The van der Waals surface area contributed by atoms with Gasteiger partial charge in [-0.05, 0) is 92.8 Å². The Balaban J connectivity index is 1.42. The molecule has 1 saturated carbocycles. The van der Waals surface area contributed by atoms with E-state index in [1.54, 1.807) is 37.6 Å². The maximum atomic E-state index is 14.9. The predicted molar refractivity (Wildman–Crippen MR) is 145 cm³/mol. The standard InChI is InChI=1S/C30H27F2N5O2/c1-17-10-24(31)25(36-29(39)20-7-8-34-26(12-20)30(2,3)32)14-23(17)22-11-21(15-33-16-22)19-6-9-35-27(13-19)37-28(38)18-4-5-18/h6-16,18H,4-5H2,1-3H3,(H,36,39)(H,35,37,38). The van der Waals surface area contributed by atoms with Crippen molar-refractivity contribution in [3.8, 4) is 22.3 Å². The van der Waals surface area contributed by atoms with E-state index in [1.165, 1.54) is 38.2 Å². The zero-order valence-electron chi connectivity index (χ0n) is 21.8. The molecule has 0 spiro atoms. The van der Waals surface area contributed by atoms with Gasteiger partial charge in [0.25, 0.3) is 5.91 Å². The van der Waals surface area contributed by atoms with E-state index >= 15 is 0 Å². The highest BCUT2D eigenvalue weighted by Gasteiger charge is 2.29. The zero-order valence-corrected chi connectivity index (χ0v) is 21.8. The van der Waals surface area contributed by atoms with Crippen molar-refractivity contribution in [2.75, 3.05) is 10.6 Å². The monoisotopic (exact) mass is 527 g/mol. The third-order valence-electron chi connectivity index (χ3n) is 6.54. The first-order valence-corrected chi connectivity index (χ1v) is 12.6. The van der Waals surface area contributed by atoms with E-state index in [-0.39, 0.29) is 28.8 Å². The number of hydrogen-bond acceptors (Lipinski definition) is 5. The molecule has 1 fully saturated rings. The molecule has 0 unspecified atom stereocenters. The number of nitrogens with one attached hydrogen (secondary N) is 2. The lowest BCUT2D eigenvalue weighted by atomic mass is 9.98. The molecule has 198 valence electrons. The molecule has 2 amide bonds. The molecule has 3 heterocycles. The third-order valence-corrected chi connectivity index (χ3v) is 6.54. The van der Waals surface area contributed by atoms with E-state index in [0.717, 1.165) is 24.0 Å². The van der Waals surface area contributed by atoms with E-state index in [0.29, 0.717) is 22.5 Å². The SMILES string of the molecule is Cc1cc(F)c(NC(=O)c2ccnc(C(C)(C)F)c2)cc1-c1cncc(-c2ccnc(NC(=O)C3CC3)c2)c1. The fraction of sp³-hybridized carbons (Fsp3) is 0.233. The highest BCUT2D eigenvalue weighted by molar-refractivity contribution is 6.04. The molecular weight excluding hydrogens is 500 g/mol. The van der Waals surface area contributed by atoms with Crippen LogP contribution in [0.25, 0.3) is 22.3 Å². The normalized spacial score (nSPS) is 13.2. The molecule has 2 N–H and O–H groups in total. The molecule has 0 aliphatic heterocycles. The van der Waals surface area contributed by atoms with Gasteiger partial charge < -0.3 is 10.6 Å². The van der Waals surface area contributed by atoms with Crippen molar-refractivity contribution < 1.29 is 18.4 Å². The Hall–Kier alpha value is -4.53. The lowest BCUT2D eigenvalue weighted by Crippen LogP contribution is -2.17. The van der Waals surface area contributed by atoms with Crippen LogP contribution in [-0.2, 0) is 10.5 Å². The van der Waals surface area contributed by atoms with Crippen LogP contribution in [0, 0.1) is 18.7 Å². The van der Waals surface area contributed by atoms with Gasteiger partial charge in [-0.25, -0.2) is 13.8 Å². The van der Waals surface area contributed by atoms with Gasteiger partial charge in [-0.15, -0.1) is 0 Å². The van der Waals surface area contributed by atoms with Crippen LogP contribution in [0.1, 0.15) is 48.3 Å². The number of nitrogens with zero attached hydrogens (tertiary/aromatic N) is 3. The van der Waals surface area contributed by atoms with Gasteiger partial charge in [0.15, 0.2) is 0 Å². The summed E-state index contributed by atoms with van der Waals surface area (Å²) < 4.78 is 29.2. The number of carbonyl (C=O) groups excluding carboxylic acids is 2. The number of alkyl halides is 1. The van der Waals surface area contributed by atoms with Crippen LogP contribution in [0.2, 0.25) is 0 Å². The third kappa shape index (κ3) is 5.98. The summed E-state index contributed by atoms with van der Waals surface area (Å²) in [6.07, 6.45) is 8.12. The maximum absolute atomic E-state index is 14.9. The predicted octanol–water partition coefficient (Wildman–Crippen LogP) is 6.46. The molecule has 7 nitrogen and oxygen atoms in total. The average molecular weight is 528 g/mol. The number of hydrogen-bond donors (Lipinski definition) is 2. The van der Waals surface area contributed by atoms with Gasteiger partial charge in [0.1, 0.15) is 17.3 Å². The molecule has 0 saturated heterocycles. The Kier molecular flexibility index (Phi) is 6.91. The lowest BCUT2D eigenvalue weighted by molar-refractivity contribution is -0.117. The van der Waals surface area contributed by atoms with Gasteiger partial charge in [-0.2, -0.15) is 0 Å². The number of halogens is 2. The maximum Gasteiger partial charge on any atom is 0.255 e. The highest BCUT2D eigenvalue weighted by atomic mass is 19.1. The fourth-order valence-electron chi connectivity index (χ4n) is 4.17. The smallest absolute Gasteiger partial charge is 0.255 e. The topological polar surface area (TPSA) is 96.9 Å². The summed E-state index contributed by atoms with van der Waals surface area (Å²) in [5, 5.41) is 5.44. The van der Waals surface area contributed by atoms with E-state index in [2.05, 4.69) is 25.6 Å². The second-order valence-corrected chi connectivity index (χ2v) is 10.2. The summed E-state index contributed by atoms with van der Waals surface area (Å²) in [7, 11) is 0. The first-order chi connectivity index (χ1) is 18.6. The number of rotatable bonds is 7. The minimum atomic E-state index is -1.73. The van der Waals surface area contributed by atoms with Crippen molar-refractivity contribution in [1.82, 2.24) is 15.0 Å². The number of anilines is 2. The van der Waals surface area contributed by atoms with Gasteiger partial charge in [-0.1, -0.05) is 0 Å². The van der Waals surface area contributed by atoms with Gasteiger partial charge >= 0.3 is 0 Å². The molecule has 1 aliphatic rings. The summed E-state index contributed by atoms with van der Waals surface area (Å²) in [4.78, 5) is 37.6. The van der Waals surface area contributed by atoms with Crippen LogP contribution in [0.4, 0.5) is 20.3 Å². The van der Waals surface area contributed by atoms with Crippen molar-refractivity contribution >= 4 is 23.3 Å². The minimum Gasteiger partial charge on any atom is -0.319 e. The summed E-state index contributed by atoms with van der Waals surface area (Å²) in [5.74, 6) is -0.680. The quantitative estimate of drug-likeness (QED) is 0.288. The van der Waals surface area contributed by atoms with Crippen molar-refractivity contribution in [3.05, 3.63) is 89.9 Å². The molecule has 3 aromatic heterocycles. The lowest BCUT2D eigenvalue weighted by Gasteiger charge is -2.15.